The second-order valence-corrected chi connectivity index (χ2v) is 6.70. The van der Waals surface area contributed by atoms with E-state index in [1.165, 1.54) is 13.2 Å². The van der Waals surface area contributed by atoms with Crippen LogP contribution >= 0.6 is 12.2 Å². The summed E-state index contributed by atoms with van der Waals surface area (Å²) >= 11 is 5.51. The maximum atomic E-state index is 13.8. The van der Waals surface area contributed by atoms with Crippen LogP contribution in [0.5, 0.6) is 5.75 Å². The molecule has 1 aliphatic rings. The summed E-state index contributed by atoms with van der Waals surface area (Å²) in [6, 6.07) is 9.91. The van der Waals surface area contributed by atoms with Gasteiger partial charge < -0.3 is 14.8 Å². The molecule has 0 spiro atoms. The number of ether oxygens (including phenoxy) is 2. The highest BCUT2D eigenvalue weighted by Crippen LogP contribution is 2.35. The zero-order valence-corrected chi connectivity index (χ0v) is 17.0. The molecule has 29 heavy (non-hydrogen) atoms. The van der Waals surface area contributed by atoms with Crippen LogP contribution in [-0.2, 0) is 9.53 Å². The number of allylic oxidation sites excluding steroid dienone is 1. The Hall–Kier alpha value is -3.00. The number of thiocarbonyl (C=S) groups is 1. The highest BCUT2D eigenvalue weighted by Gasteiger charge is 2.35. The van der Waals surface area contributed by atoms with Crippen molar-refractivity contribution in [2.24, 2.45) is 0 Å². The number of hydrogen-bond donors (Lipinski definition) is 1. The summed E-state index contributed by atoms with van der Waals surface area (Å²) in [7, 11) is 1.26. The molecule has 0 saturated heterocycles. The largest absolute Gasteiger partial charge is 0.494 e. The first kappa shape index (κ1) is 20.7. The summed E-state index contributed by atoms with van der Waals surface area (Å²) < 4.78 is 37.6. The molecule has 1 atom stereocenters. The third kappa shape index (κ3) is 4.07. The molecule has 0 radical (unpaired) electrons. The Labute approximate surface area is 172 Å². The van der Waals surface area contributed by atoms with E-state index in [1.54, 1.807) is 24.0 Å². The molecule has 2 aromatic rings. The van der Waals surface area contributed by atoms with Crippen molar-refractivity contribution in [1.82, 2.24) is 5.32 Å². The number of halogens is 2. The van der Waals surface area contributed by atoms with Crippen molar-refractivity contribution in [3.8, 4) is 5.75 Å². The van der Waals surface area contributed by atoms with Crippen molar-refractivity contribution in [2.45, 2.75) is 19.9 Å². The van der Waals surface area contributed by atoms with E-state index in [0.29, 0.717) is 34.4 Å². The van der Waals surface area contributed by atoms with Crippen LogP contribution in [0.25, 0.3) is 0 Å². The van der Waals surface area contributed by atoms with E-state index in [-0.39, 0.29) is 5.57 Å². The van der Waals surface area contributed by atoms with Gasteiger partial charge in [0.2, 0.25) is 0 Å². The Bertz CT molecular complexity index is 976. The van der Waals surface area contributed by atoms with Gasteiger partial charge in [-0.2, -0.15) is 0 Å². The molecule has 0 saturated carbocycles. The minimum atomic E-state index is -1.01. The van der Waals surface area contributed by atoms with Crippen LogP contribution in [0.15, 0.2) is 53.7 Å². The van der Waals surface area contributed by atoms with Crippen molar-refractivity contribution in [3.05, 3.63) is 70.9 Å². The molecule has 0 amide bonds. The number of hydrogen-bond acceptors (Lipinski definition) is 4. The fourth-order valence-electron chi connectivity index (χ4n) is 3.23. The number of carbonyl (C=O) groups excluding carboxylic acids is 1. The molecule has 1 N–H and O–H groups in total. The van der Waals surface area contributed by atoms with E-state index < -0.39 is 23.6 Å². The summed E-state index contributed by atoms with van der Waals surface area (Å²) in [5.41, 5.74) is 1.85. The predicted molar refractivity (Wildman–Crippen MR) is 110 cm³/mol. The van der Waals surface area contributed by atoms with E-state index in [0.717, 1.165) is 12.1 Å². The lowest BCUT2D eigenvalue weighted by Gasteiger charge is -2.37. The lowest BCUT2D eigenvalue weighted by atomic mass is 9.94. The van der Waals surface area contributed by atoms with Crippen LogP contribution in [0.1, 0.15) is 25.5 Å². The molecule has 1 heterocycles. The first-order valence-corrected chi connectivity index (χ1v) is 9.35. The number of esters is 1. The van der Waals surface area contributed by atoms with E-state index >= 15 is 0 Å². The number of nitrogens with one attached hydrogen (secondary N) is 1. The maximum Gasteiger partial charge on any atom is 0.337 e. The molecule has 5 nitrogen and oxygen atoms in total. The van der Waals surface area contributed by atoms with Gasteiger partial charge in [0.05, 0.1) is 25.3 Å². The van der Waals surface area contributed by atoms with Gasteiger partial charge in [0, 0.05) is 11.4 Å². The Balaban J connectivity index is 2.07. The molecule has 0 unspecified atom stereocenters. The monoisotopic (exact) mass is 418 g/mol. The first-order chi connectivity index (χ1) is 13.9. The molecule has 0 aromatic heterocycles. The Morgan fingerprint density at radius 3 is 2.45 bits per heavy atom. The van der Waals surface area contributed by atoms with Gasteiger partial charge in [-0.05, 0) is 68.0 Å². The van der Waals surface area contributed by atoms with Crippen LogP contribution in [0.2, 0.25) is 0 Å². The minimum absolute atomic E-state index is 0.251. The van der Waals surface area contributed by atoms with E-state index in [4.69, 9.17) is 21.7 Å². The number of anilines is 1. The van der Waals surface area contributed by atoms with E-state index in [2.05, 4.69) is 5.32 Å². The average Bonchev–Trinajstić information content (AvgIpc) is 2.70. The maximum absolute atomic E-state index is 13.8. The highest BCUT2D eigenvalue weighted by atomic mass is 32.1. The van der Waals surface area contributed by atoms with Crippen LogP contribution < -0.4 is 15.0 Å². The lowest BCUT2D eigenvalue weighted by Crippen LogP contribution is -2.48. The molecule has 0 bridgehead atoms. The van der Waals surface area contributed by atoms with Crippen molar-refractivity contribution in [3.63, 3.8) is 0 Å². The fraction of sp³-hybridized carbons (Fsp3) is 0.238. The molecular weight excluding hydrogens is 398 g/mol. The highest BCUT2D eigenvalue weighted by molar-refractivity contribution is 7.80. The fourth-order valence-corrected chi connectivity index (χ4v) is 3.59. The van der Waals surface area contributed by atoms with Gasteiger partial charge in [0.25, 0.3) is 0 Å². The number of carbonyl (C=O) groups is 1. The SMILES string of the molecule is CCOc1ccc(N2C(=S)N[C@H](c3ccc(F)c(F)c3)C(C(=O)OC)=C2C)cc1. The zero-order valence-electron chi connectivity index (χ0n) is 16.2. The summed E-state index contributed by atoms with van der Waals surface area (Å²) in [5.74, 6) is -1.86. The zero-order chi connectivity index (χ0) is 21.1. The number of nitrogens with zero attached hydrogens (tertiary/aromatic N) is 1. The molecular formula is C21H20F2N2O3S. The smallest absolute Gasteiger partial charge is 0.337 e. The van der Waals surface area contributed by atoms with Crippen LogP contribution in [0.4, 0.5) is 14.5 Å². The Morgan fingerprint density at radius 1 is 1.17 bits per heavy atom. The van der Waals surface area contributed by atoms with Gasteiger partial charge >= 0.3 is 5.97 Å². The quantitative estimate of drug-likeness (QED) is 0.579. The van der Waals surface area contributed by atoms with Crippen LogP contribution in [0, 0.1) is 11.6 Å². The average molecular weight is 418 g/mol. The van der Waals surface area contributed by atoms with Gasteiger partial charge in [-0.25, -0.2) is 13.6 Å². The Morgan fingerprint density at radius 2 is 1.86 bits per heavy atom. The standard InChI is InChI=1S/C21H20F2N2O3S/c1-4-28-15-8-6-14(7-9-15)25-12(2)18(20(26)27-3)19(24-21(25)29)13-5-10-16(22)17(23)11-13/h5-11,19H,4H2,1-3H3,(H,24,29)/t19-/m1/s1. The second kappa shape index (κ2) is 8.57. The van der Waals surface area contributed by atoms with Crippen molar-refractivity contribution >= 4 is 29.0 Å². The molecule has 8 heteroatoms. The topological polar surface area (TPSA) is 50.8 Å². The van der Waals surface area contributed by atoms with E-state index in [9.17, 15) is 13.6 Å². The normalized spacial score (nSPS) is 16.5. The molecule has 0 aliphatic carbocycles. The van der Waals surface area contributed by atoms with Gasteiger partial charge in [-0.3, -0.25) is 4.90 Å². The summed E-state index contributed by atoms with van der Waals surface area (Å²) in [4.78, 5) is 14.2. The third-order valence-corrected chi connectivity index (χ3v) is 4.87. The van der Waals surface area contributed by atoms with Crippen LogP contribution in [-0.4, -0.2) is 24.8 Å². The molecule has 0 fully saturated rings. The van der Waals surface area contributed by atoms with Crippen LogP contribution in [0.3, 0.4) is 0 Å². The van der Waals surface area contributed by atoms with Gasteiger partial charge in [-0.15, -0.1) is 0 Å². The number of rotatable bonds is 5. The molecule has 152 valence electrons. The third-order valence-electron chi connectivity index (χ3n) is 4.57. The first-order valence-electron chi connectivity index (χ1n) is 8.94. The minimum Gasteiger partial charge on any atom is -0.494 e. The van der Waals surface area contributed by atoms with Crippen molar-refractivity contribution in [2.75, 3.05) is 18.6 Å². The van der Waals surface area contributed by atoms with E-state index in [1.807, 2.05) is 19.1 Å². The molecule has 2 aromatic carbocycles. The number of methoxy groups -OCH3 is 1. The van der Waals surface area contributed by atoms with Gasteiger partial charge in [0.15, 0.2) is 16.7 Å². The van der Waals surface area contributed by atoms with Crippen molar-refractivity contribution < 1.29 is 23.0 Å². The predicted octanol–water partition coefficient (Wildman–Crippen LogP) is 4.25. The summed E-state index contributed by atoms with van der Waals surface area (Å²) in [5, 5.41) is 3.36. The lowest BCUT2D eigenvalue weighted by molar-refractivity contribution is -0.136. The molecule has 3 rings (SSSR count). The van der Waals surface area contributed by atoms with Gasteiger partial charge in [0.1, 0.15) is 5.75 Å². The summed E-state index contributed by atoms with van der Waals surface area (Å²) in [6.45, 7) is 4.17. The Kier molecular flexibility index (Phi) is 6.12. The molecule has 1 aliphatic heterocycles. The van der Waals surface area contributed by atoms with Crippen molar-refractivity contribution in [1.29, 1.82) is 0 Å². The van der Waals surface area contributed by atoms with Gasteiger partial charge in [-0.1, -0.05) is 6.07 Å². The second-order valence-electron chi connectivity index (χ2n) is 6.31. The number of benzene rings is 2. The summed E-state index contributed by atoms with van der Waals surface area (Å²) in [6.07, 6.45) is 0.